The van der Waals surface area contributed by atoms with Crippen molar-refractivity contribution in [2.24, 2.45) is 5.92 Å². The minimum atomic E-state index is -3.30. The van der Waals surface area contributed by atoms with Crippen molar-refractivity contribution < 1.29 is 8.42 Å². The van der Waals surface area contributed by atoms with E-state index in [1.807, 2.05) is 19.9 Å². The third-order valence-corrected chi connectivity index (χ3v) is 5.46. The quantitative estimate of drug-likeness (QED) is 0.819. The zero-order valence-electron chi connectivity index (χ0n) is 10.9. The fourth-order valence-corrected chi connectivity index (χ4v) is 3.86. The lowest BCUT2D eigenvalue weighted by atomic mass is 10.1. The molecule has 0 spiro atoms. The van der Waals surface area contributed by atoms with Crippen LogP contribution in [-0.2, 0) is 9.84 Å². The van der Waals surface area contributed by atoms with E-state index in [1.54, 1.807) is 37.3 Å². The van der Waals surface area contributed by atoms with Crippen LogP contribution in [0.2, 0.25) is 0 Å². The van der Waals surface area contributed by atoms with Crippen LogP contribution in [0.1, 0.15) is 27.2 Å². The van der Waals surface area contributed by atoms with Crippen LogP contribution >= 0.6 is 11.6 Å². The summed E-state index contributed by atoms with van der Waals surface area (Å²) >= 11 is 5.79. The Morgan fingerprint density at radius 2 is 1.83 bits per heavy atom. The number of allylic oxidation sites excluding steroid dienone is 2. The first-order chi connectivity index (χ1) is 8.35. The van der Waals surface area contributed by atoms with Crippen molar-refractivity contribution in [2.75, 3.05) is 0 Å². The van der Waals surface area contributed by atoms with Gasteiger partial charge in [-0.2, -0.15) is 0 Å². The second kappa shape index (κ2) is 6.39. The van der Waals surface area contributed by atoms with Crippen molar-refractivity contribution in [1.82, 2.24) is 0 Å². The van der Waals surface area contributed by atoms with Crippen LogP contribution < -0.4 is 0 Å². The Morgan fingerprint density at radius 1 is 1.28 bits per heavy atom. The lowest BCUT2D eigenvalue weighted by molar-refractivity contribution is 0.531. The maximum atomic E-state index is 12.5. The Hall–Kier alpha value is -0.800. The third kappa shape index (κ3) is 3.85. The number of hydrogen-bond donors (Lipinski definition) is 0. The van der Waals surface area contributed by atoms with Crippen molar-refractivity contribution in [3.05, 3.63) is 41.4 Å². The van der Waals surface area contributed by atoms with Gasteiger partial charge in [0.2, 0.25) is 0 Å². The summed E-state index contributed by atoms with van der Waals surface area (Å²) in [4.78, 5) is 0.379. The average Bonchev–Trinajstić information content (AvgIpc) is 2.29. The fraction of sp³-hybridized carbons (Fsp3) is 0.429. The van der Waals surface area contributed by atoms with Gasteiger partial charge in [0.15, 0.2) is 9.84 Å². The molecule has 1 aromatic carbocycles. The molecule has 0 bridgehead atoms. The van der Waals surface area contributed by atoms with Gasteiger partial charge in [-0.25, -0.2) is 8.42 Å². The number of hydrogen-bond acceptors (Lipinski definition) is 2. The predicted molar refractivity (Wildman–Crippen MR) is 76.5 cm³/mol. The molecule has 100 valence electrons. The van der Waals surface area contributed by atoms with Crippen LogP contribution in [0.4, 0.5) is 0 Å². The van der Waals surface area contributed by atoms with Crippen LogP contribution in [0.15, 0.2) is 46.3 Å². The molecule has 0 heterocycles. The predicted octanol–water partition coefficient (Wildman–Crippen LogP) is 4.02. The van der Waals surface area contributed by atoms with Crippen molar-refractivity contribution in [3.8, 4) is 0 Å². The summed E-state index contributed by atoms with van der Waals surface area (Å²) in [5, 5.41) is 0.192. The van der Waals surface area contributed by atoms with Gasteiger partial charge in [0.05, 0.1) is 10.1 Å². The van der Waals surface area contributed by atoms with E-state index < -0.39 is 15.1 Å². The molecular weight excluding hydrogens is 268 g/mol. The van der Waals surface area contributed by atoms with E-state index in [-0.39, 0.29) is 5.92 Å². The average molecular weight is 287 g/mol. The van der Waals surface area contributed by atoms with Gasteiger partial charge < -0.3 is 0 Å². The second-order valence-corrected chi connectivity index (χ2v) is 7.43. The van der Waals surface area contributed by atoms with Crippen LogP contribution in [0.5, 0.6) is 0 Å². The zero-order chi connectivity index (χ0) is 13.8. The highest BCUT2D eigenvalue weighted by Gasteiger charge is 2.29. The highest BCUT2D eigenvalue weighted by atomic mass is 35.5. The van der Waals surface area contributed by atoms with E-state index >= 15 is 0 Å². The maximum absolute atomic E-state index is 12.5. The molecule has 1 aromatic rings. The van der Waals surface area contributed by atoms with Gasteiger partial charge in [-0.05, 0) is 31.4 Å². The van der Waals surface area contributed by atoms with E-state index in [0.29, 0.717) is 16.3 Å². The molecule has 0 aromatic heterocycles. The highest BCUT2D eigenvalue weighted by molar-refractivity contribution is 7.92. The standard InChI is InChI=1S/C14H19ClO2S/c1-11(2)14(10-9-12(3)15)18(16,17)13-7-5-4-6-8-13/h4-9,11,14H,10H2,1-3H3. The van der Waals surface area contributed by atoms with Gasteiger partial charge >= 0.3 is 0 Å². The van der Waals surface area contributed by atoms with Gasteiger partial charge in [0.1, 0.15) is 0 Å². The summed E-state index contributed by atoms with van der Waals surface area (Å²) in [6.45, 7) is 5.60. The number of rotatable bonds is 5. The Labute approximate surface area is 115 Å². The molecule has 0 saturated heterocycles. The molecule has 0 saturated carbocycles. The monoisotopic (exact) mass is 286 g/mol. The molecule has 0 fully saturated rings. The Balaban J connectivity index is 3.10. The molecule has 4 heteroatoms. The van der Waals surface area contributed by atoms with E-state index in [2.05, 4.69) is 0 Å². The van der Waals surface area contributed by atoms with Gasteiger partial charge in [0.25, 0.3) is 0 Å². The van der Waals surface area contributed by atoms with E-state index in [9.17, 15) is 8.42 Å². The van der Waals surface area contributed by atoms with Crippen molar-refractivity contribution >= 4 is 21.4 Å². The largest absolute Gasteiger partial charge is 0.223 e. The Bertz CT molecular complexity index is 500. The molecule has 2 nitrogen and oxygen atoms in total. The van der Waals surface area contributed by atoms with E-state index in [4.69, 9.17) is 11.6 Å². The molecule has 1 rings (SSSR count). The molecule has 0 amide bonds. The maximum Gasteiger partial charge on any atom is 0.181 e. The van der Waals surface area contributed by atoms with E-state index in [0.717, 1.165) is 0 Å². The minimum Gasteiger partial charge on any atom is -0.223 e. The summed E-state index contributed by atoms with van der Waals surface area (Å²) in [5.41, 5.74) is 0. The Kier molecular flexibility index (Phi) is 5.42. The molecule has 18 heavy (non-hydrogen) atoms. The van der Waals surface area contributed by atoms with E-state index in [1.165, 1.54) is 0 Å². The van der Waals surface area contributed by atoms with Crippen molar-refractivity contribution in [2.45, 2.75) is 37.3 Å². The molecule has 0 aliphatic heterocycles. The smallest absolute Gasteiger partial charge is 0.181 e. The molecule has 0 aliphatic rings. The molecule has 0 N–H and O–H groups in total. The van der Waals surface area contributed by atoms with Crippen LogP contribution in [0, 0.1) is 5.92 Å². The molecule has 0 aliphatic carbocycles. The summed E-state index contributed by atoms with van der Waals surface area (Å²) in [6.07, 6.45) is 2.22. The topological polar surface area (TPSA) is 34.1 Å². The van der Waals surface area contributed by atoms with Gasteiger partial charge in [-0.15, -0.1) is 0 Å². The lowest BCUT2D eigenvalue weighted by Crippen LogP contribution is -2.26. The third-order valence-electron chi connectivity index (χ3n) is 2.85. The first-order valence-electron chi connectivity index (χ1n) is 5.97. The zero-order valence-corrected chi connectivity index (χ0v) is 12.5. The second-order valence-electron chi connectivity index (χ2n) is 4.67. The highest BCUT2D eigenvalue weighted by Crippen LogP contribution is 2.25. The molecule has 1 atom stereocenters. The summed E-state index contributed by atoms with van der Waals surface area (Å²) in [5.74, 6) is 0.0440. The van der Waals surface area contributed by atoms with Crippen LogP contribution in [0.25, 0.3) is 0 Å². The normalized spacial score (nSPS) is 14.8. The summed E-state index contributed by atoms with van der Waals surface area (Å²) in [7, 11) is -3.30. The summed E-state index contributed by atoms with van der Waals surface area (Å²) in [6, 6.07) is 8.58. The van der Waals surface area contributed by atoms with Gasteiger partial charge in [0, 0.05) is 5.03 Å². The Morgan fingerprint density at radius 3 is 2.28 bits per heavy atom. The molecule has 0 radical (unpaired) electrons. The number of benzene rings is 1. The molecule has 1 unspecified atom stereocenters. The first-order valence-corrected chi connectivity index (χ1v) is 7.89. The number of sulfone groups is 1. The minimum absolute atomic E-state index is 0.0440. The van der Waals surface area contributed by atoms with Crippen molar-refractivity contribution in [1.29, 1.82) is 0 Å². The lowest BCUT2D eigenvalue weighted by Gasteiger charge is -2.20. The summed E-state index contributed by atoms with van der Waals surface area (Å²) < 4.78 is 25.0. The van der Waals surface area contributed by atoms with Gasteiger partial charge in [-0.3, -0.25) is 0 Å². The first kappa shape index (κ1) is 15.3. The van der Waals surface area contributed by atoms with Gasteiger partial charge in [-0.1, -0.05) is 49.7 Å². The van der Waals surface area contributed by atoms with Crippen LogP contribution in [0.3, 0.4) is 0 Å². The fourth-order valence-electron chi connectivity index (χ4n) is 1.82. The SMILES string of the molecule is CC(Cl)=CCC(C(C)C)S(=O)(=O)c1ccccc1. The molecular formula is C14H19ClO2S. The van der Waals surface area contributed by atoms with Crippen LogP contribution in [-0.4, -0.2) is 13.7 Å². The van der Waals surface area contributed by atoms with Crippen molar-refractivity contribution in [3.63, 3.8) is 0 Å². The number of halogens is 1.